The molecule has 6 heteroatoms. The Morgan fingerprint density at radius 3 is 1.46 bits per heavy atom. The molecular weight excluding hydrogens is 592 g/mol. The van der Waals surface area contributed by atoms with Crippen molar-refractivity contribution < 1.29 is 9.47 Å². The van der Waals surface area contributed by atoms with Gasteiger partial charge in [0.2, 0.25) is 0 Å². The molecule has 2 N–H and O–H groups in total. The van der Waals surface area contributed by atoms with Crippen LogP contribution in [0.25, 0.3) is 68.6 Å². The lowest BCUT2D eigenvalue weighted by molar-refractivity contribution is 0.302. The Labute approximate surface area is 278 Å². The van der Waals surface area contributed by atoms with Crippen molar-refractivity contribution in [2.24, 2.45) is 0 Å². The molecule has 0 spiro atoms. The Kier molecular flexibility index (Phi) is 6.61. The first-order valence-corrected chi connectivity index (χ1v) is 16.2. The van der Waals surface area contributed by atoms with Gasteiger partial charge in [-0.25, -0.2) is 9.97 Å². The Morgan fingerprint density at radius 2 is 0.979 bits per heavy atom. The van der Waals surface area contributed by atoms with Crippen molar-refractivity contribution in [1.82, 2.24) is 19.9 Å². The summed E-state index contributed by atoms with van der Waals surface area (Å²) in [6.45, 7) is 5.16. The largest absolute Gasteiger partial charge is 0.488 e. The molecule has 232 valence electrons. The van der Waals surface area contributed by atoms with Gasteiger partial charge in [0.1, 0.15) is 24.7 Å². The van der Waals surface area contributed by atoms with Crippen LogP contribution in [0.4, 0.5) is 0 Å². The number of ether oxygens (including phenoxy) is 2. The van der Waals surface area contributed by atoms with Crippen molar-refractivity contribution in [2.75, 3.05) is 0 Å². The Morgan fingerprint density at radius 1 is 0.521 bits per heavy atom. The van der Waals surface area contributed by atoms with Gasteiger partial charge in [-0.15, -0.1) is 0 Å². The van der Waals surface area contributed by atoms with Crippen LogP contribution in [0.2, 0.25) is 0 Å². The van der Waals surface area contributed by atoms with E-state index in [1.165, 1.54) is 0 Å². The SMILES string of the molecule is Cc1cc2c(C)cc1COc1ccccc1-c1c3nc(cc4ccc([nH]4)c(c4nc(cc5ccc1[nH]5)C=C4)-c1ccccc1OC2)C=C3. The first kappa shape index (κ1) is 28.1. The third kappa shape index (κ3) is 4.99. The number of nitrogens with zero attached hydrogens (tertiary/aromatic N) is 2. The van der Waals surface area contributed by atoms with Crippen LogP contribution >= 0.6 is 0 Å². The number of benzene rings is 3. The summed E-state index contributed by atoms with van der Waals surface area (Å²) in [5, 5.41) is 0. The van der Waals surface area contributed by atoms with Crippen LogP contribution in [0, 0.1) is 13.8 Å². The predicted molar refractivity (Wildman–Crippen MR) is 194 cm³/mol. The monoisotopic (exact) mass is 624 g/mol. The predicted octanol–water partition coefficient (Wildman–Crippen LogP) is 10.1. The smallest absolute Gasteiger partial charge is 0.127 e. The van der Waals surface area contributed by atoms with Gasteiger partial charge < -0.3 is 19.4 Å². The molecule has 6 aliphatic rings. The molecule has 12 bridgehead atoms. The molecule has 48 heavy (non-hydrogen) atoms. The van der Waals surface area contributed by atoms with E-state index in [2.05, 4.69) is 109 Å². The maximum atomic E-state index is 6.64. The molecule has 6 nitrogen and oxygen atoms in total. The van der Waals surface area contributed by atoms with Crippen molar-refractivity contribution in [3.63, 3.8) is 0 Å². The van der Waals surface area contributed by atoms with Crippen LogP contribution in [0.1, 0.15) is 45.0 Å². The van der Waals surface area contributed by atoms with Gasteiger partial charge in [-0.1, -0.05) is 48.5 Å². The Bertz CT molecular complexity index is 2320. The lowest BCUT2D eigenvalue weighted by atomic mass is 10.00. The zero-order valence-corrected chi connectivity index (χ0v) is 26.7. The van der Waals surface area contributed by atoms with Gasteiger partial charge in [-0.3, -0.25) is 0 Å². The fourth-order valence-electron chi connectivity index (χ4n) is 6.80. The van der Waals surface area contributed by atoms with E-state index in [0.29, 0.717) is 13.2 Å². The van der Waals surface area contributed by atoms with Gasteiger partial charge in [0, 0.05) is 44.3 Å². The van der Waals surface area contributed by atoms with E-state index in [0.717, 1.165) is 101 Å². The minimum atomic E-state index is 0.441. The maximum Gasteiger partial charge on any atom is 0.127 e. The number of H-pyrrole nitrogens is 2. The van der Waals surface area contributed by atoms with Crippen LogP contribution in [-0.2, 0) is 13.2 Å². The molecule has 0 radical (unpaired) electrons. The molecule has 0 saturated carbocycles. The zero-order chi connectivity index (χ0) is 32.2. The fraction of sp³-hybridized carbons (Fsp3) is 0.0952. The molecule has 0 atom stereocenters. The first-order chi connectivity index (χ1) is 23.6. The first-order valence-electron chi connectivity index (χ1n) is 16.2. The molecule has 0 amide bonds. The topological polar surface area (TPSA) is 75.8 Å². The Hall–Kier alpha value is -6.14. The summed E-state index contributed by atoms with van der Waals surface area (Å²) in [7, 11) is 0. The second-order valence-corrected chi connectivity index (χ2v) is 12.5. The lowest BCUT2D eigenvalue weighted by Crippen LogP contribution is -2.04. The molecule has 3 aromatic heterocycles. The van der Waals surface area contributed by atoms with E-state index in [1.54, 1.807) is 0 Å². The molecule has 0 aliphatic carbocycles. The van der Waals surface area contributed by atoms with E-state index < -0.39 is 0 Å². The maximum absolute atomic E-state index is 6.64. The number of hydrogen-bond acceptors (Lipinski definition) is 4. The minimum Gasteiger partial charge on any atom is -0.488 e. The molecule has 6 aromatic rings. The third-order valence-corrected chi connectivity index (χ3v) is 9.27. The van der Waals surface area contributed by atoms with Gasteiger partial charge in [0.25, 0.3) is 0 Å². The quantitative estimate of drug-likeness (QED) is 0.176. The highest BCUT2D eigenvalue weighted by Crippen LogP contribution is 2.39. The third-order valence-electron chi connectivity index (χ3n) is 9.27. The van der Waals surface area contributed by atoms with Gasteiger partial charge in [0.15, 0.2) is 0 Å². The summed E-state index contributed by atoms with van der Waals surface area (Å²) in [5.74, 6) is 1.59. The Balaban J connectivity index is 1.41. The van der Waals surface area contributed by atoms with Crippen LogP contribution in [0.5, 0.6) is 11.5 Å². The van der Waals surface area contributed by atoms with Gasteiger partial charge in [-0.05, 0) is 109 Å². The highest BCUT2D eigenvalue weighted by molar-refractivity contribution is 5.95. The molecule has 0 unspecified atom stereocenters. The number of aromatic nitrogens is 4. The number of rotatable bonds is 0. The average molecular weight is 625 g/mol. The number of hydrogen-bond donors (Lipinski definition) is 2. The number of para-hydroxylation sites is 2. The molecule has 0 fully saturated rings. The molecule has 0 saturated heterocycles. The summed E-state index contributed by atoms with van der Waals surface area (Å²) in [4.78, 5) is 17.6. The molecule has 3 aromatic carbocycles. The van der Waals surface area contributed by atoms with Crippen LogP contribution < -0.4 is 9.47 Å². The van der Waals surface area contributed by atoms with Crippen molar-refractivity contribution in [1.29, 1.82) is 0 Å². The van der Waals surface area contributed by atoms with E-state index in [9.17, 15) is 0 Å². The van der Waals surface area contributed by atoms with Crippen molar-refractivity contribution in [3.8, 4) is 33.8 Å². The van der Waals surface area contributed by atoms with Crippen LogP contribution in [0.3, 0.4) is 0 Å². The van der Waals surface area contributed by atoms with Gasteiger partial charge in [-0.2, -0.15) is 0 Å². The molecular formula is C42H32N4O2. The highest BCUT2D eigenvalue weighted by Gasteiger charge is 2.18. The number of nitrogens with one attached hydrogen (secondary N) is 2. The second kappa shape index (κ2) is 11.3. The van der Waals surface area contributed by atoms with Crippen LogP contribution in [0.15, 0.2) is 97.1 Å². The van der Waals surface area contributed by atoms with Crippen molar-refractivity contribution in [3.05, 3.63) is 142 Å². The summed E-state index contributed by atoms with van der Waals surface area (Å²) >= 11 is 0. The zero-order valence-electron chi connectivity index (χ0n) is 26.7. The van der Waals surface area contributed by atoms with E-state index >= 15 is 0 Å². The van der Waals surface area contributed by atoms with E-state index in [1.807, 2.05) is 36.4 Å². The van der Waals surface area contributed by atoms with Crippen molar-refractivity contribution in [2.45, 2.75) is 27.1 Å². The standard InChI is InChI=1S/C42H32N4O2/c1-25-19-28-24-48-40-10-6-4-8-34(40)42-37-17-13-31(45-37)21-29-11-15-35(43-29)41(36-16-12-30(44-36)22-32-14-18-38(42)46-32)33-7-3-5-9-39(33)47-23-27(25)20-26(28)2/h3-22,43,46H,23-24H2,1-2H3. The molecule has 12 rings (SSSR count). The summed E-state index contributed by atoms with van der Waals surface area (Å²) in [6, 6.07) is 33.4. The number of aryl methyl sites for hydroxylation is 2. The van der Waals surface area contributed by atoms with Gasteiger partial charge in [0.05, 0.1) is 22.8 Å². The summed E-state index contributed by atoms with van der Waals surface area (Å²) in [5.41, 5.74) is 15.7. The molecule has 6 aliphatic heterocycles. The number of aromatic amines is 2. The van der Waals surface area contributed by atoms with E-state index in [-0.39, 0.29) is 0 Å². The summed E-state index contributed by atoms with van der Waals surface area (Å²) in [6.07, 6.45) is 8.28. The normalized spacial score (nSPS) is 13.2. The van der Waals surface area contributed by atoms with Gasteiger partial charge >= 0.3 is 0 Å². The average Bonchev–Trinajstić information content (AvgIpc) is 3.92. The van der Waals surface area contributed by atoms with Crippen molar-refractivity contribution >= 4 is 46.4 Å². The minimum absolute atomic E-state index is 0.441. The van der Waals surface area contributed by atoms with Crippen LogP contribution in [-0.4, -0.2) is 19.9 Å². The fourth-order valence-corrected chi connectivity index (χ4v) is 6.80. The van der Waals surface area contributed by atoms with E-state index in [4.69, 9.17) is 19.4 Å². The molecule has 9 heterocycles. The second-order valence-electron chi connectivity index (χ2n) is 12.5. The summed E-state index contributed by atoms with van der Waals surface area (Å²) < 4.78 is 13.3. The lowest BCUT2D eigenvalue weighted by Gasteiger charge is -2.17. The highest BCUT2D eigenvalue weighted by atomic mass is 16.5.